The van der Waals surface area contributed by atoms with E-state index in [1.807, 2.05) is 14.1 Å². The molecule has 3 rings (SSSR count). The van der Waals surface area contributed by atoms with E-state index in [0.29, 0.717) is 13.1 Å². The third-order valence-electron chi connectivity index (χ3n) is 5.20. The van der Waals surface area contributed by atoms with Crippen molar-refractivity contribution in [1.29, 1.82) is 0 Å². The van der Waals surface area contributed by atoms with E-state index in [2.05, 4.69) is 44.7 Å². The Morgan fingerprint density at radius 2 is 1.68 bits per heavy atom. The molecule has 0 aliphatic carbocycles. The van der Waals surface area contributed by atoms with Crippen molar-refractivity contribution >= 4 is 11.7 Å². The summed E-state index contributed by atoms with van der Waals surface area (Å²) in [6, 6.07) is 14.6. The lowest BCUT2D eigenvalue weighted by Crippen LogP contribution is -2.41. The molecule has 0 spiro atoms. The van der Waals surface area contributed by atoms with E-state index in [1.165, 1.54) is 30.5 Å². The third kappa shape index (κ3) is 5.45. The van der Waals surface area contributed by atoms with E-state index in [4.69, 9.17) is 0 Å². The summed E-state index contributed by atoms with van der Waals surface area (Å²) < 4.78 is 13.0. The predicted octanol–water partition coefficient (Wildman–Crippen LogP) is 3.53. The number of amides is 2. The summed E-state index contributed by atoms with van der Waals surface area (Å²) >= 11 is 0. The summed E-state index contributed by atoms with van der Waals surface area (Å²) in [5.74, 6) is -0.276. The minimum Gasteiger partial charge on any atom is -0.378 e. The third-order valence-corrected chi connectivity index (χ3v) is 5.20. The zero-order valence-electron chi connectivity index (χ0n) is 16.6. The van der Waals surface area contributed by atoms with E-state index in [0.717, 1.165) is 24.3 Å². The molecule has 0 bridgehead atoms. The Labute approximate surface area is 166 Å². The van der Waals surface area contributed by atoms with Crippen LogP contribution in [0.5, 0.6) is 0 Å². The molecule has 1 saturated heterocycles. The maximum absolute atomic E-state index is 13.0. The first kappa shape index (κ1) is 20.1. The molecule has 2 aromatic carbocycles. The van der Waals surface area contributed by atoms with Crippen LogP contribution >= 0.6 is 0 Å². The van der Waals surface area contributed by atoms with Gasteiger partial charge in [-0.25, -0.2) is 9.18 Å². The Kier molecular flexibility index (Phi) is 6.87. The number of hydrogen-bond acceptors (Lipinski definition) is 3. The first-order valence-corrected chi connectivity index (χ1v) is 9.80. The van der Waals surface area contributed by atoms with Crippen molar-refractivity contribution in [1.82, 2.24) is 15.5 Å². The Morgan fingerprint density at radius 1 is 1.04 bits per heavy atom. The van der Waals surface area contributed by atoms with Gasteiger partial charge >= 0.3 is 6.03 Å². The van der Waals surface area contributed by atoms with Crippen LogP contribution in [0.3, 0.4) is 0 Å². The van der Waals surface area contributed by atoms with Gasteiger partial charge < -0.3 is 15.5 Å². The summed E-state index contributed by atoms with van der Waals surface area (Å²) in [7, 11) is 4.06. The zero-order chi connectivity index (χ0) is 19.9. The van der Waals surface area contributed by atoms with Crippen LogP contribution in [0.2, 0.25) is 0 Å². The van der Waals surface area contributed by atoms with Crippen molar-refractivity contribution in [3.63, 3.8) is 0 Å². The lowest BCUT2D eigenvalue weighted by Gasteiger charge is -2.28. The molecule has 1 aliphatic heterocycles. The molecule has 150 valence electrons. The monoisotopic (exact) mass is 384 g/mol. The molecular formula is C22H29FN4O. The molecule has 0 aromatic heterocycles. The van der Waals surface area contributed by atoms with Gasteiger partial charge in [-0.2, -0.15) is 0 Å². The summed E-state index contributed by atoms with van der Waals surface area (Å²) in [5.41, 5.74) is 3.24. The number of halogens is 1. The Bertz CT molecular complexity index is 755. The van der Waals surface area contributed by atoms with Gasteiger partial charge in [-0.3, -0.25) is 4.90 Å². The van der Waals surface area contributed by atoms with Crippen molar-refractivity contribution < 1.29 is 9.18 Å². The standard InChI is InChI=1S/C22H29FN4O/c1-26(2)20-11-7-18(8-12-20)21(27-13-3-4-14-27)16-25-22(28)24-15-17-5-9-19(23)10-6-17/h5-12,21H,3-4,13-16H2,1-2H3,(H2,24,25,28). The highest BCUT2D eigenvalue weighted by atomic mass is 19.1. The summed E-state index contributed by atoms with van der Waals surface area (Å²) in [5, 5.41) is 5.84. The van der Waals surface area contributed by atoms with E-state index in [-0.39, 0.29) is 17.9 Å². The lowest BCUT2D eigenvalue weighted by molar-refractivity contribution is 0.220. The number of anilines is 1. The van der Waals surface area contributed by atoms with Crippen molar-refractivity contribution in [3.05, 3.63) is 65.5 Å². The van der Waals surface area contributed by atoms with Crippen LogP contribution in [0.1, 0.15) is 30.0 Å². The Balaban J connectivity index is 1.58. The van der Waals surface area contributed by atoms with E-state index < -0.39 is 0 Å². The number of likely N-dealkylation sites (tertiary alicyclic amines) is 1. The molecule has 0 saturated carbocycles. The average Bonchev–Trinajstić information content (AvgIpc) is 3.22. The van der Waals surface area contributed by atoms with Gasteiger partial charge in [-0.1, -0.05) is 24.3 Å². The number of carbonyl (C=O) groups excluding carboxylic acids is 1. The topological polar surface area (TPSA) is 47.6 Å². The highest BCUT2D eigenvalue weighted by Gasteiger charge is 2.24. The number of rotatable bonds is 7. The van der Waals surface area contributed by atoms with Gasteiger partial charge in [0.05, 0.1) is 6.04 Å². The summed E-state index contributed by atoms with van der Waals surface area (Å²) in [6.45, 7) is 3.03. The second kappa shape index (κ2) is 9.55. The van der Waals surface area contributed by atoms with E-state index in [1.54, 1.807) is 12.1 Å². The number of nitrogens with zero attached hydrogens (tertiary/aromatic N) is 2. The van der Waals surface area contributed by atoms with Gasteiger partial charge in [0.15, 0.2) is 0 Å². The quantitative estimate of drug-likeness (QED) is 0.768. The van der Waals surface area contributed by atoms with Crippen LogP contribution in [0.4, 0.5) is 14.9 Å². The fraction of sp³-hybridized carbons (Fsp3) is 0.409. The largest absolute Gasteiger partial charge is 0.378 e. The molecule has 2 aromatic rings. The number of benzene rings is 2. The highest BCUT2D eigenvalue weighted by molar-refractivity contribution is 5.73. The fourth-order valence-corrected chi connectivity index (χ4v) is 3.54. The summed E-state index contributed by atoms with van der Waals surface area (Å²) in [6.07, 6.45) is 2.39. The molecule has 0 radical (unpaired) electrons. The molecule has 1 unspecified atom stereocenters. The number of carbonyl (C=O) groups is 1. The first-order chi connectivity index (χ1) is 13.5. The lowest BCUT2D eigenvalue weighted by atomic mass is 10.0. The molecule has 1 heterocycles. The minimum absolute atomic E-state index is 0.162. The van der Waals surface area contributed by atoms with Gasteiger partial charge in [0.2, 0.25) is 0 Å². The summed E-state index contributed by atoms with van der Waals surface area (Å²) in [4.78, 5) is 16.8. The van der Waals surface area contributed by atoms with Gasteiger partial charge in [0.1, 0.15) is 5.82 Å². The van der Waals surface area contributed by atoms with Gasteiger partial charge in [0, 0.05) is 32.9 Å². The predicted molar refractivity (Wildman–Crippen MR) is 111 cm³/mol. The Morgan fingerprint density at radius 3 is 2.29 bits per heavy atom. The molecule has 2 N–H and O–H groups in total. The number of nitrogens with one attached hydrogen (secondary N) is 2. The van der Waals surface area contributed by atoms with Gasteiger partial charge in [-0.05, 0) is 61.3 Å². The maximum atomic E-state index is 13.0. The van der Waals surface area contributed by atoms with Gasteiger partial charge in [0.25, 0.3) is 0 Å². The van der Waals surface area contributed by atoms with Crippen molar-refractivity contribution in [2.24, 2.45) is 0 Å². The highest BCUT2D eigenvalue weighted by Crippen LogP contribution is 2.26. The molecule has 1 aliphatic rings. The normalized spacial score (nSPS) is 15.2. The van der Waals surface area contributed by atoms with Crippen LogP contribution in [0.15, 0.2) is 48.5 Å². The zero-order valence-corrected chi connectivity index (χ0v) is 16.6. The van der Waals surface area contributed by atoms with Crippen molar-refractivity contribution in [2.75, 3.05) is 38.6 Å². The average molecular weight is 384 g/mol. The molecular weight excluding hydrogens is 355 g/mol. The van der Waals surface area contributed by atoms with Crippen LogP contribution in [-0.2, 0) is 6.54 Å². The Hall–Kier alpha value is -2.60. The van der Waals surface area contributed by atoms with E-state index >= 15 is 0 Å². The molecule has 1 atom stereocenters. The van der Waals surface area contributed by atoms with Crippen LogP contribution < -0.4 is 15.5 Å². The second-order valence-corrected chi connectivity index (χ2v) is 7.43. The van der Waals surface area contributed by atoms with Crippen molar-refractivity contribution in [2.45, 2.75) is 25.4 Å². The van der Waals surface area contributed by atoms with Crippen LogP contribution in [0, 0.1) is 5.82 Å². The first-order valence-electron chi connectivity index (χ1n) is 9.80. The van der Waals surface area contributed by atoms with E-state index in [9.17, 15) is 9.18 Å². The molecule has 6 heteroatoms. The molecule has 28 heavy (non-hydrogen) atoms. The molecule has 1 fully saturated rings. The van der Waals surface area contributed by atoms with Gasteiger partial charge in [-0.15, -0.1) is 0 Å². The SMILES string of the molecule is CN(C)c1ccc(C(CNC(=O)NCc2ccc(F)cc2)N2CCCC2)cc1. The maximum Gasteiger partial charge on any atom is 0.315 e. The smallest absolute Gasteiger partial charge is 0.315 e. The number of urea groups is 1. The fourth-order valence-electron chi connectivity index (χ4n) is 3.54. The minimum atomic E-state index is -0.276. The van der Waals surface area contributed by atoms with Crippen molar-refractivity contribution in [3.8, 4) is 0 Å². The van der Waals surface area contributed by atoms with Crippen LogP contribution in [-0.4, -0.2) is 44.7 Å². The second-order valence-electron chi connectivity index (χ2n) is 7.43. The van der Waals surface area contributed by atoms with Crippen LogP contribution in [0.25, 0.3) is 0 Å². The molecule has 5 nitrogen and oxygen atoms in total. The number of hydrogen-bond donors (Lipinski definition) is 2. The molecule has 2 amide bonds.